The van der Waals surface area contributed by atoms with Gasteiger partial charge in [-0.25, -0.2) is 13.9 Å². The average Bonchev–Trinajstić information content (AvgIpc) is 2.70. The monoisotopic (exact) mass is 429 g/mol. The summed E-state index contributed by atoms with van der Waals surface area (Å²) in [6.07, 6.45) is -1.18. The van der Waals surface area contributed by atoms with Crippen molar-refractivity contribution < 1.29 is 42.0 Å². The molecule has 0 spiro atoms. The van der Waals surface area contributed by atoms with Crippen molar-refractivity contribution in [2.45, 2.75) is 26.4 Å². The fourth-order valence-corrected chi connectivity index (χ4v) is 3.89. The summed E-state index contributed by atoms with van der Waals surface area (Å²) in [6.45, 7) is 2.64. The van der Waals surface area contributed by atoms with Gasteiger partial charge in [0.15, 0.2) is 6.10 Å². The molecular formula is C18H24NO9P. The van der Waals surface area contributed by atoms with Gasteiger partial charge >= 0.3 is 19.8 Å². The van der Waals surface area contributed by atoms with Crippen molar-refractivity contribution in [1.29, 1.82) is 0 Å². The third kappa shape index (κ3) is 6.64. The predicted molar refractivity (Wildman–Crippen MR) is 99.7 cm³/mol. The first-order valence-corrected chi connectivity index (χ1v) is 10.3. The van der Waals surface area contributed by atoms with Crippen LogP contribution in [0.3, 0.4) is 0 Å². The Morgan fingerprint density at radius 1 is 1.24 bits per heavy atom. The topological polar surface area (TPSA) is 126 Å². The second-order valence-electron chi connectivity index (χ2n) is 6.86. The van der Waals surface area contributed by atoms with E-state index in [2.05, 4.69) is 10.1 Å². The first-order valence-electron chi connectivity index (χ1n) is 8.81. The largest absolute Gasteiger partial charge is 0.478 e. The summed E-state index contributed by atoms with van der Waals surface area (Å²) in [5.74, 6) is -1.73. The number of rotatable bonds is 8. The van der Waals surface area contributed by atoms with E-state index >= 15 is 0 Å². The molecule has 1 aliphatic rings. The Morgan fingerprint density at radius 3 is 2.59 bits per heavy atom. The van der Waals surface area contributed by atoms with Crippen LogP contribution in [-0.4, -0.2) is 51.0 Å². The lowest BCUT2D eigenvalue weighted by Crippen LogP contribution is -2.50. The molecular weight excluding hydrogens is 405 g/mol. The van der Waals surface area contributed by atoms with Crippen molar-refractivity contribution in [2.24, 2.45) is 5.41 Å². The third-order valence-electron chi connectivity index (χ3n) is 4.04. The molecule has 1 unspecified atom stereocenters. The van der Waals surface area contributed by atoms with Crippen LogP contribution >= 0.6 is 7.82 Å². The van der Waals surface area contributed by atoms with Crippen LogP contribution in [0.25, 0.3) is 0 Å². The Bertz CT molecular complexity index is 781. The van der Waals surface area contributed by atoms with Crippen LogP contribution in [0.1, 0.15) is 30.6 Å². The van der Waals surface area contributed by atoms with Gasteiger partial charge in [0.05, 0.1) is 25.7 Å². The van der Waals surface area contributed by atoms with E-state index in [0.717, 1.165) is 0 Å². The molecule has 0 aliphatic carbocycles. The quantitative estimate of drug-likeness (QED) is 0.375. The maximum Gasteiger partial charge on any atom is 0.478 e. The highest BCUT2D eigenvalue weighted by Gasteiger charge is 2.49. The molecule has 1 amide bonds. The number of nitrogens with one attached hydrogen (secondary N) is 1. The van der Waals surface area contributed by atoms with E-state index in [1.54, 1.807) is 44.2 Å². The number of ether oxygens (including phenoxy) is 2. The Labute approximate surface area is 168 Å². The molecule has 0 aromatic heterocycles. The predicted octanol–water partition coefficient (Wildman–Crippen LogP) is 2.05. The Balaban J connectivity index is 1.90. The number of hydrogen-bond acceptors (Lipinski definition) is 9. The molecule has 1 aliphatic heterocycles. The minimum absolute atomic E-state index is 0.0184. The van der Waals surface area contributed by atoms with Crippen LogP contribution in [0.4, 0.5) is 0 Å². The lowest BCUT2D eigenvalue weighted by molar-refractivity contribution is -0.144. The number of carbonyl (C=O) groups excluding carboxylic acids is 3. The van der Waals surface area contributed by atoms with Gasteiger partial charge in [0.1, 0.15) is 0 Å². The highest BCUT2D eigenvalue weighted by atomic mass is 31.2. The van der Waals surface area contributed by atoms with Gasteiger partial charge in [0.25, 0.3) is 0 Å². The molecule has 1 aromatic carbocycles. The highest BCUT2D eigenvalue weighted by Crippen LogP contribution is 2.57. The summed E-state index contributed by atoms with van der Waals surface area (Å²) < 4.78 is 37.6. The second kappa shape index (κ2) is 9.98. The minimum atomic E-state index is -4.14. The SMILES string of the molecule is COC(=O)CCNC(=O)[C@@H]1OP(=O)(OCOC(=O)c2ccccc2)OCC1(C)C. The number of phosphoric ester groups is 1. The number of phosphoric acid groups is 1. The summed E-state index contributed by atoms with van der Waals surface area (Å²) in [6, 6.07) is 8.18. The van der Waals surface area contributed by atoms with E-state index in [0.29, 0.717) is 5.56 Å². The van der Waals surface area contributed by atoms with Gasteiger partial charge in [-0.2, -0.15) is 0 Å². The van der Waals surface area contributed by atoms with Gasteiger partial charge < -0.3 is 14.8 Å². The summed E-state index contributed by atoms with van der Waals surface area (Å²) in [5, 5.41) is 2.52. The normalized spacial score (nSPS) is 23.1. The molecule has 2 rings (SSSR count). The van der Waals surface area contributed by atoms with Crippen molar-refractivity contribution in [3.8, 4) is 0 Å². The summed E-state index contributed by atoms with van der Waals surface area (Å²) in [7, 11) is -2.89. The van der Waals surface area contributed by atoms with Crippen LogP contribution < -0.4 is 5.32 Å². The van der Waals surface area contributed by atoms with Gasteiger partial charge in [0.2, 0.25) is 12.7 Å². The van der Waals surface area contributed by atoms with Gasteiger partial charge in [-0.05, 0) is 12.1 Å². The molecule has 1 heterocycles. The standard InChI is InChI=1S/C18H24NO9P/c1-18(2)11-26-29(23,27-12-25-17(22)13-7-5-4-6-8-13)28-15(18)16(21)19-10-9-14(20)24-3/h4-8,15H,9-12H2,1-3H3,(H,19,21)/t15-,29?/m0/s1. The average molecular weight is 429 g/mol. The molecule has 29 heavy (non-hydrogen) atoms. The van der Waals surface area contributed by atoms with Crippen LogP contribution in [0, 0.1) is 5.41 Å². The maximum absolute atomic E-state index is 12.7. The zero-order valence-electron chi connectivity index (χ0n) is 16.4. The van der Waals surface area contributed by atoms with Gasteiger partial charge in [0, 0.05) is 12.0 Å². The van der Waals surface area contributed by atoms with Crippen LogP contribution in [0.5, 0.6) is 0 Å². The summed E-state index contributed by atoms with van der Waals surface area (Å²) >= 11 is 0. The molecule has 1 fully saturated rings. The van der Waals surface area contributed by atoms with Crippen LogP contribution in [0.2, 0.25) is 0 Å². The van der Waals surface area contributed by atoms with E-state index < -0.39 is 44.0 Å². The smallest absolute Gasteiger partial charge is 0.469 e. The molecule has 0 radical (unpaired) electrons. The zero-order chi connectivity index (χ0) is 21.5. The highest BCUT2D eigenvalue weighted by molar-refractivity contribution is 7.48. The molecule has 1 saturated heterocycles. The van der Waals surface area contributed by atoms with Gasteiger partial charge in [-0.3, -0.25) is 18.6 Å². The third-order valence-corrected chi connectivity index (χ3v) is 5.38. The molecule has 11 heteroatoms. The Kier molecular flexibility index (Phi) is 7.92. The molecule has 0 saturated carbocycles. The Hall–Kier alpha value is -2.26. The van der Waals surface area contributed by atoms with E-state index in [1.807, 2.05) is 0 Å². The summed E-state index contributed by atoms with van der Waals surface area (Å²) in [5.41, 5.74) is -0.517. The molecule has 10 nitrogen and oxygen atoms in total. The van der Waals surface area contributed by atoms with E-state index in [-0.39, 0.29) is 19.6 Å². The van der Waals surface area contributed by atoms with E-state index in [1.165, 1.54) is 7.11 Å². The summed E-state index contributed by atoms with van der Waals surface area (Å²) in [4.78, 5) is 35.5. The fraction of sp³-hybridized carbons (Fsp3) is 0.500. The zero-order valence-corrected chi connectivity index (χ0v) is 17.3. The van der Waals surface area contributed by atoms with Crippen molar-refractivity contribution in [3.63, 3.8) is 0 Å². The minimum Gasteiger partial charge on any atom is -0.469 e. The number of benzene rings is 1. The molecule has 1 N–H and O–H groups in total. The number of amides is 1. The fourth-order valence-electron chi connectivity index (χ4n) is 2.38. The van der Waals surface area contributed by atoms with Crippen molar-refractivity contribution in [3.05, 3.63) is 35.9 Å². The lowest BCUT2D eigenvalue weighted by Gasteiger charge is -2.39. The van der Waals surface area contributed by atoms with Gasteiger partial charge in [-0.1, -0.05) is 32.0 Å². The first-order chi connectivity index (χ1) is 13.7. The molecule has 1 aromatic rings. The number of carbonyl (C=O) groups is 3. The molecule has 0 bridgehead atoms. The maximum atomic E-state index is 12.7. The van der Waals surface area contributed by atoms with E-state index in [9.17, 15) is 18.9 Å². The van der Waals surface area contributed by atoms with Crippen LogP contribution in [0.15, 0.2) is 30.3 Å². The van der Waals surface area contributed by atoms with Crippen molar-refractivity contribution >= 4 is 25.7 Å². The number of esters is 2. The first kappa shape index (κ1) is 23.0. The second-order valence-corrected chi connectivity index (χ2v) is 8.48. The molecule has 2 atom stereocenters. The number of hydrogen-bond donors (Lipinski definition) is 1. The van der Waals surface area contributed by atoms with Crippen molar-refractivity contribution in [1.82, 2.24) is 5.32 Å². The molecule has 160 valence electrons. The van der Waals surface area contributed by atoms with Crippen LogP contribution in [-0.2, 0) is 37.2 Å². The van der Waals surface area contributed by atoms with Crippen molar-refractivity contribution in [2.75, 3.05) is 27.1 Å². The van der Waals surface area contributed by atoms with Gasteiger partial charge in [-0.15, -0.1) is 0 Å². The lowest BCUT2D eigenvalue weighted by atomic mass is 9.87. The van der Waals surface area contributed by atoms with E-state index in [4.69, 9.17) is 18.3 Å². The Morgan fingerprint density at radius 2 is 1.93 bits per heavy atom. The number of methoxy groups -OCH3 is 1.